The number of amides is 1. The molecule has 1 aromatic rings. The van der Waals surface area contributed by atoms with Crippen molar-refractivity contribution >= 4 is 33.2 Å². The smallest absolute Gasteiger partial charge is 0.243 e. The summed E-state index contributed by atoms with van der Waals surface area (Å²) >= 11 is 3.45. The maximum atomic E-state index is 11.8. The molecule has 1 aromatic carbocycles. The Hall–Kier alpha value is -1.07. The molecule has 0 radical (unpaired) electrons. The molecule has 1 fully saturated rings. The van der Waals surface area contributed by atoms with Crippen LogP contribution in [0.25, 0.3) is 0 Å². The minimum atomic E-state index is 0.0825. The fraction of sp³-hybridized carbons (Fsp3) is 0.462. The highest BCUT2D eigenvalue weighted by molar-refractivity contribution is 9.10. The van der Waals surface area contributed by atoms with Crippen LogP contribution in [0.5, 0.6) is 0 Å². The molecule has 0 bridgehead atoms. The van der Waals surface area contributed by atoms with Crippen molar-refractivity contribution in [3.05, 3.63) is 22.7 Å². The van der Waals surface area contributed by atoms with Crippen molar-refractivity contribution in [3.8, 4) is 0 Å². The summed E-state index contributed by atoms with van der Waals surface area (Å²) in [6, 6.07) is 6.56. The second-order valence-corrected chi connectivity index (χ2v) is 5.73. The Kier molecular flexibility index (Phi) is 3.26. The molecule has 3 rings (SSSR count). The van der Waals surface area contributed by atoms with Gasteiger partial charge in [-0.05, 0) is 44.1 Å². The molecular formula is C13H16BrN3O. The van der Waals surface area contributed by atoms with Crippen molar-refractivity contribution < 1.29 is 4.79 Å². The van der Waals surface area contributed by atoms with Crippen LogP contribution in [0.2, 0.25) is 0 Å². The number of carbonyl (C=O) groups excluding carboxylic acids is 1. The number of nitrogens with one attached hydrogen (secondary N) is 2. The molecule has 0 aliphatic carbocycles. The van der Waals surface area contributed by atoms with E-state index in [4.69, 9.17) is 0 Å². The van der Waals surface area contributed by atoms with Gasteiger partial charge in [-0.25, -0.2) is 0 Å². The van der Waals surface area contributed by atoms with Crippen molar-refractivity contribution in [1.82, 2.24) is 5.32 Å². The molecule has 1 amide bonds. The fourth-order valence-electron chi connectivity index (χ4n) is 2.73. The zero-order valence-corrected chi connectivity index (χ0v) is 11.7. The molecule has 0 spiro atoms. The number of hydrogen-bond donors (Lipinski definition) is 2. The Labute approximate surface area is 115 Å². The molecule has 2 N–H and O–H groups in total. The molecular weight excluding hydrogens is 294 g/mol. The number of piperidine rings is 1. The van der Waals surface area contributed by atoms with E-state index in [2.05, 4.69) is 37.5 Å². The first-order valence-electron chi connectivity index (χ1n) is 6.31. The van der Waals surface area contributed by atoms with Gasteiger partial charge >= 0.3 is 0 Å². The first-order valence-corrected chi connectivity index (χ1v) is 7.10. The first kappa shape index (κ1) is 12.0. The molecule has 2 aliphatic heterocycles. The number of halogens is 1. The van der Waals surface area contributed by atoms with Gasteiger partial charge in [-0.1, -0.05) is 15.9 Å². The van der Waals surface area contributed by atoms with E-state index in [0.29, 0.717) is 12.6 Å². The number of nitrogens with zero attached hydrogens (tertiary/aromatic N) is 1. The van der Waals surface area contributed by atoms with Gasteiger partial charge in [0.25, 0.3) is 0 Å². The summed E-state index contributed by atoms with van der Waals surface area (Å²) in [6.07, 6.45) is 2.20. The van der Waals surface area contributed by atoms with Crippen LogP contribution in [0.1, 0.15) is 12.8 Å². The fourth-order valence-corrected chi connectivity index (χ4v) is 3.09. The highest BCUT2D eigenvalue weighted by atomic mass is 79.9. The summed E-state index contributed by atoms with van der Waals surface area (Å²) in [5, 5.41) is 6.31. The number of fused-ring (bicyclic) bond motifs is 1. The van der Waals surface area contributed by atoms with Gasteiger partial charge in [0.1, 0.15) is 0 Å². The van der Waals surface area contributed by atoms with Gasteiger partial charge in [0.15, 0.2) is 0 Å². The maximum Gasteiger partial charge on any atom is 0.243 e. The average molecular weight is 310 g/mol. The van der Waals surface area contributed by atoms with E-state index in [0.717, 1.165) is 41.8 Å². The molecule has 0 aromatic heterocycles. The molecule has 1 saturated heterocycles. The lowest BCUT2D eigenvalue weighted by molar-refractivity contribution is -0.115. The Morgan fingerprint density at radius 3 is 2.83 bits per heavy atom. The normalized spacial score (nSPS) is 20.5. The van der Waals surface area contributed by atoms with Gasteiger partial charge in [0.2, 0.25) is 5.91 Å². The summed E-state index contributed by atoms with van der Waals surface area (Å²) in [5.74, 6) is 0.0825. The zero-order chi connectivity index (χ0) is 12.5. The third-order valence-corrected chi connectivity index (χ3v) is 4.10. The molecule has 2 aliphatic rings. The third kappa shape index (κ3) is 2.24. The van der Waals surface area contributed by atoms with Gasteiger partial charge < -0.3 is 15.5 Å². The quantitative estimate of drug-likeness (QED) is 0.833. The van der Waals surface area contributed by atoms with Gasteiger partial charge in [0, 0.05) is 10.5 Å². The lowest BCUT2D eigenvalue weighted by Crippen LogP contribution is -2.48. The molecule has 2 heterocycles. The van der Waals surface area contributed by atoms with E-state index in [1.807, 2.05) is 12.1 Å². The first-order chi connectivity index (χ1) is 8.74. The number of anilines is 2. The molecule has 18 heavy (non-hydrogen) atoms. The van der Waals surface area contributed by atoms with Crippen LogP contribution < -0.4 is 15.5 Å². The Morgan fingerprint density at radius 2 is 2.06 bits per heavy atom. The Bertz CT molecular complexity index is 471. The minimum absolute atomic E-state index is 0.0825. The van der Waals surface area contributed by atoms with Gasteiger partial charge in [0.05, 0.1) is 17.9 Å². The SMILES string of the molecule is O=C1CN(C2CCNCC2)c2ccc(Br)cc2N1. The van der Waals surface area contributed by atoms with E-state index < -0.39 is 0 Å². The van der Waals surface area contributed by atoms with E-state index in [-0.39, 0.29) is 5.91 Å². The highest BCUT2D eigenvalue weighted by Gasteiger charge is 2.28. The standard InChI is InChI=1S/C13H16BrN3O/c14-9-1-2-12-11(7-9)16-13(18)8-17(12)10-3-5-15-6-4-10/h1-2,7,10,15H,3-6,8H2,(H,16,18). The van der Waals surface area contributed by atoms with Crippen molar-refractivity contribution in [2.45, 2.75) is 18.9 Å². The Balaban J connectivity index is 1.93. The van der Waals surface area contributed by atoms with Crippen molar-refractivity contribution in [2.75, 3.05) is 29.9 Å². The molecule has 96 valence electrons. The lowest BCUT2D eigenvalue weighted by atomic mass is 10.0. The van der Waals surface area contributed by atoms with Crippen molar-refractivity contribution in [3.63, 3.8) is 0 Å². The number of carbonyl (C=O) groups is 1. The second-order valence-electron chi connectivity index (χ2n) is 4.82. The van der Waals surface area contributed by atoms with Crippen LogP contribution in [0.15, 0.2) is 22.7 Å². The average Bonchev–Trinajstić information content (AvgIpc) is 2.38. The van der Waals surface area contributed by atoms with Crippen molar-refractivity contribution in [1.29, 1.82) is 0 Å². The monoisotopic (exact) mass is 309 g/mol. The van der Waals surface area contributed by atoms with Gasteiger partial charge in [-0.2, -0.15) is 0 Å². The summed E-state index contributed by atoms with van der Waals surface area (Å²) in [6.45, 7) is 2.54. The van der Waals surface area contributed by atoms with E-state index in [1.54, 1.807) is 0 Å². The van der Waals surface area contributed by atoms with Gasteiger partial charge in [-0.15, -0.1) is 0 Å². The Morgan fingerprint density at radius 1 is 1.28 bits per heavy atom. The van der Waals surface area contributed by atoms with Gasteiger partial charge in [-0.3, -0.25) is 4.79 Å². The molecule has 0 unspecified atom stereocenters. The molecule has 0 saturated carbocycles. The molecule has 4 nitrogen and oxygen atoms in total. The van der Waals surface area contributed by atoms with Crippen molar-refractivity contribution in [2.24, 2.45) is 0 Å². The molecule has 0 atom stereocenters. The predicted octanol–water partition coefficient (Wildman–Crippen LogP) is 1.96. The summed E-state index contributed by atoms with van der Waals surface area (Å²) in [7, 11) is 0. The topological polar surface area (TPSA) is 44.4 Å². The number of hydrogen-bond acceptors (Lipinski definition) is 3. The summed E-state index contributed by atoms with van der Waals surface area (Å²) in [5.41, 5.74) is 2.06. The largest absolute Gasteiger partial charge is 0.357 e. The maximum absolute atomic E-state index is 11.8. The third-order valence-electron chi connectivity index (χ3n) is 3.61. The van der Waals surface area contributed by atoms with Crippen LogP contribution in [-0.2, 0) is 4.79 Å². The summed E-state index contributed by atoms with van der Waals surface area (Å²) in [4.78, 5) is 14.1. The highest BCUT2D eigenvalue weighted by Crippen LogP contribution is 2.34. The van der Waals surface area contributed by atoms with Crippen LogP contribution >= 0.6 is 15.9 Å². The van der Waals surface area contributed by atoms with Crippen LogP contribution in [0.3, 0.4) is 0 Å². The van der Waals surface area contributed by atoms with E-state index >= 15 is 0 Å². The van der Waals surface area contributed by atoms with E-state index in [1.165, 1.54) is 0 Å². The van der Waals surface area contributed by atoms with Crippen LogP contribution in [-0.4, -0.2) is 31.6 Å². The van der Waals surface area contributed by atoms with E-state index in [9.17, 15) is 4.79 Å². The minimum Gasteiger partial charge on any atom is -0.357 e. The summed E-state index contributed by atoms with van der Waals surface area (Å²) < 4.78 is 0.994. The van der Waals surface area contributed by atoms with Crippen LogP contribution in [0, 0.1) is 0 Å². The lowest BCUT2D eigenvalue weighted by Gasteiger charge is -2.39. The number of rotatable bonds is 1. The predicted molar refractivity (Wildman–Crippen MR) is 76.0 cm³/mol. The van der Waals surface area contributed by atoms with Crippen LogP contribution in [0.4, 0.5) is 11.4 Å². The zero-order valence-electron chi connectivity index (χ0n) is 10.1. The number of benzene rings is 1. The molecule has 5 heteroatoms. The second kappa shape index (κ2) is 4.90.